The fraction of sp³-hybridized carbons (Fsp3) is 0.467. The van der Waals surface area contributed by atoms with Crippen LogP contribution in [0.15, 0.2) is 24.3 Å². The van der Waals surface area contributed by atoms with Gasteiger partial charge in [0.05, 0.1) is 4.92 Å². The number of nitro groups is 1. The van der Waals surface area contributed by atoms with E-state index in [-0.39, 0.29) is 18.2 Å². The monoisotopic (exact) mass is 336 g/mol. The van der Waals surface area contributed by atoms with E-state index in [0.717, 1.165) is 13.0 Å². The molecule has 1 saturated heterocycles. The van der Waals surface area contributed by atoms with Crippen molar-refractivity contribution in [1.82, 2.24) is 15.5 Å². The number of nitro benzene ring substituents is 1. The molecule has 0 aromatic heterocycles. The number of amides is 2. The summed E-state index contributed by atoms with van der Waals surface area (Å²) in [6.45, 7) is 1.55. The zero-order chi connectivity index (χ0) is 17.5. The predicted octanol–water partition coefficient (Wildman–Crippen LogP) is 0.845. The molecule has 130 valence electrons. The Bertz CT molecular complexity index is 586. The van der Waals surface area contributed by atoms with Gasteiger partial charge in [0.2, 0.25) is 6.41 Å². The lowest BCUT2D eigenvalue weighted by molar-refractivity contribution is -0.384. The summed E-state index contributed by atoms with van der Waals surface area (Å²) in [5, 5.41) is 16.4. The second kappa shape index (κ2) is 8.25. The number of benzene rings is 1. The highest BCUT2D eigenvalue weighted by Gasteiger charge is 2.31. The van der Waals surface area contributed by atoms with Crippen molar-refractivity contribution in [2.75, 3.05) is 20.1 Å². The first-order valence-electron chi connectivity index (χ1n) is 7.56. The van der Waals surface area contributed by atoms with Crippen molar-refractivity contribution in [1.29, 1.82) is 0 Å². The lowest BCUT2D eigenvalue weighted by atomic mass is 10.0. The molecule has 2 N–H and O–H groups in total. The smallest absolute Gasteiger partial charge is 0.411 e. The van der Waals surface area contributed by atoms with Crippen LogP contribution in [0.25, 0.3) is 0 Å². The first-order chi connectivity index (χ1) is 11.5. The summed E-state index contributed by atoms with van der Waals surface area (Å²) in [6.07, 6.45) is 0.413. The number of carbonyl (C=O) groups excluding carboxylic acids is 2. The minimum Gasteiger partial charge on any atom is -0.445 e. The topological polar surface area (TPSA) is 114 Å². The van der Waals surface area contributed by atoms with Gasteiger partial charge in [0.25, 0.3) is 5.69 Å². The average molecular weight is 336 g/mol. The molecule has 1 unspecified atom stereocenters. The third-order valence-electron chi connectivity index (χ3n) is 4.00. The fourth-order valence-electron chi connectivity index (χ4n) is 2.65. The second-order valence-electron chi connectivity index (χ2n) is 5.57. The van der Waals surface area contributed by atoms with Crippen LogP contribution in [0.5, 0.6) is 0 Å². The van der Waals surface area contributed by atoms with Crippen LogP contribution < -0.4 is 10.6 Å². The number of rotatable bonds is 7. The zero-order valence-electron chi connectivity index (χ0n) is 13.3. The number of nitrogens with one attached hydrogen (secondary N) is 2. The van der Waals surface area contributed by atoms with Crippen LogP contribution in [0.1, 0.15) is 12.0 Å². The molecule has 2 atom stereocenters. The number of hydrogen-bond donors (Lipinski definition) is 2. The second-order valence-corrected chi connectivity index (χ2v) is 5.57. The highest BCUT2D eigenvalue weighted by Crippen LogP contribution is 2.17. The van der Waals surface area contributed by atoms with Crippen molar-refractivity contribution in [3.63, 3.8) is 0 Å². The summed E-state index contributed by atoms with van der Waals surface area (Å²) in [5.74, 6) is 0.118. The molecular formula is C15H20N4O5. The van der Waals surface area contributed by atoms with E-state index in [9.17, 15) is 19.7 Å². The standard InChI is InChI=1S/C15H20N4O5/c1-18(14(17-10-20)12-6-7-16-8-12)15(21)24-9-11-2-4-13(5-3-11)19(22)23/h2-5,10,12,14,16H,6-9H2,1H3,(H,17,20)/t12-,14?/m0/s1. The molecule has 1 aromatic rings. The first kappa shape index (κ1) is 17.7. The highest BCUT2D eigenvalue weighted by molar-refractivity contribution is 5.68. The van der Waals surface area contributed by atoms with Gasteiger partial charge in [0.1, 0.15) is 12.8 Å². The Morgan fingerprint density at radius 1 is 1.54 bits per heavy atom. The Balaban J connectivity index is 1.91. The Morgan fingerprint density at radius 3 is 2.79 bits per heavy atom. The van der Waals surface area contributed by atoms with Gasteiger partial charge >= 0.3 is 6.09 Å². The highest BCUT2D eigenvalue weighted by atomic mass is 16.6. The number of carbonyl (C=O) groups is 2. The summed E-state index contributed by atoms with van der Waals surface area (Å²) >= 11 is 0. The van der Waals surface area contributed by atoms with Crippen molar-refractivity contribution < 1.29 is 19.2 Å². The molecule has 9 nitrogen and oxygen atoms in total. The molecule has 0 radical (unpaired) electrons. The van der Waals surface area contributed by atoms with E-state index >= 15 is 0 Å². The van der Waals surface area contributed by atoms with E-state index < -0.39 is 17.2 Å². The molecule has 1 heterocycles. The van der Waals surface area contributed by atoms with Crippen LogP contribution in [-0.4, -0.2) is 48.6 Å². The van der Waals surface area contributed by atoms with Gasteiger partial charge in [0, 0.05) is 31.6 Å². The van der Waals surface area contributed by atoms with Crippen molar-refractivity contribution in [2.24, 2.45) is 5.92 Å². The van der Waals surface area contributed by atoms with E-state index in [2.05, 4.69) is 10.6 Å². The van der Waals surface area contributed by atoms with Gasteiger partial charge in [-0.3, -0.25) is 19.8 Å². The maximum absolute atomic E-state index is 12.2. The molecule has 0 aliphatic carbocycles. The van der Waals surface area contributed by atoms with Gasteiger partial charge < -0.3 is 15.4 Å². The molecule has 24 heavy (non-hydrogen) atoms. The summed E-state index contributed by atoms with van der Waals surface area (Å²) in [7, 11) is 1.57. The van der Waals surface area contributed by atoms with Crippen LogP contribution >= 0.6 is 0 Å². The number of non-ortho nitro benzene ring substituents is 1. The molecule has 1 fully saturated rings. The van der Waals surface area contributed by atoms with E-state index in [1.807, 2.05) is 0 Å². The van der Waals surface area contributed by atoms with Crippen molar-refractivity contribution in [3.8, 4) is 0 Å². The van der Waals surface area contributed by atoms with Gasteiger partial charge in [0.15, 0.2) is 0 Å². The molecule has 2 amide bonds. The minimum atomic E-state index is -0.570. The maximum Gasteiger partial charge on any atom is 0.411 e. The van der Waals surface area contributed by atoms with Crippen LogP contribution in [0, 0.1) is 16.0 Å². The summed E-state index contributed by atoms with van der Waals surface area (Å²) in [6, 6.07) is 5.78. The first-order valence-corrected chi connectivity index (χ1v) is 7.56. The van der Waals surface area contributed by atoms with Crippen molar-refractivity contribution in [3.05, 3.63) is 39.9 Å². The summed E-state index contributed by atoms with van der Waals surface area (Å²) in [5.41, 5.74) is 0.621. The zero-order valence-corrected chi connectivity index (χ0v) is 13.3. The predicted molar refractivity (Wildman–Crippen MR) is 85.0 cm³/mol. The molecule has 1 aromatic carbocycles. The maximum atomic E-state index is 12.2. The Hall–Kier alpha value is -2.68. The minimum absolute atomic E-state index is 0.00209. The van der Waals surface area contributed by atoms with E-state index in [1.165, 1.54) is 29.2 Å². The molecule has 1 aliphatic rings. The van der Waals surface area contributed by atoms with Gasteiger partial charge in [-0.25, -0.2) is 4.79 Å². The van der Waals surface area contributed by atoms with E-state index in [0.29, 0.717) is 18.5 Å². The number of hydrogen-bond acceptors (Lipinski definition) is 6. The molecule has 0 saturated carbocycles. The fourth-order valence-corrected chi connectivity index (χ4v) is 2.65. The van der Waals surface area contributed by atoms with E-state index in [1.54, 1.807) is 7.05 Å². The Kier molecular flexibility index (Phi) is 6.07. The lowest BCUT2D eigenvalue weighted by Gasteiger charge is -2.31. The number of nitrogens with zero attached hydrogens (tertiary/aromatic N) is 2. The van der Waals surface area contributed by atoms with Crippen molar-refractivity contribution in [2.45, 2.75) is 19.2 Å². The van der Waals surface area contributed by atoms with Crippen LogP contribution in [0.3, 0.4) is 0 Å². The van der Waals surface area contributed by atoms with Gasteiger partial charge in [-0.2, -0.15) is 0 Å². The summed E-state index contributed by atoms with van der Waals surface area (Å²) < 4.78 is 5.22. The molecular weight excluding hydrogens is 316 g/mol. The van der Waals surface area contributed by atoms with Crippen LogP contribution in [-0.2, 0) is 16.1 Å². The quantitative estimate of drug-likeness (QED) is 0.330. The SMILES string of the molecule is CN(C(=O)OCc1ccc([N+](=O)[O-])cc1)C(NC=O)[C@H]1CCNC1. The molecule has 1 aliphatic heterocycles. The van der Waals surface area contributed by atoms with Gasteiger partial charge in [-0.1, -0.05) is 0 Å². The number of ether oxygens (including phenoxy) is 1. The molecule has 0 bridgehead atoms. The molecule has 9 heteroatoms. The summed E-state index contributed by atoms with van der Waals surface area (Å²) in [4.78, 5) is 34.5. The molecule has 2 rings (SSSR count). The normalized spacial score (nSPS) is 17.8. The van der Waals surface area contributed by atoms with Crippen molar-refractivity contribution >= 4 is 18.2 Å². The lowest BCUT2D eigenvalue weighted by Crippen LogP contribution is -2.51. The average Bonchev–Trinajstić information content (AvgIpc) is 3.11. The van der Waals surface area contributed by atoms with Crippen LogP contribution in [0.4, 0.5) is 10.5 Å². The Labute approximate surface area is 139 Å². The molecule has 0 spiro atoms. The third-order valence-corrected chi connectivity index (χ3v) is 4.00. The largest absolute Gasteiger partial charge is 0.445 e. The van der Waals surface area contributed by atoms with E-state index in [4.69, 9.17) is 4.74 Å². The third kappa shape index (κ3) is 4.42. The Morgan fingerprint density at radius 2 is 2.25 bits per heavy atom. The van der Waals surface area contributed by atoms with Gasteiger partial charge in [-0.05, 0) is 30.7 Å². The van der Waals surface area contributed by atoms with Gasteiger partial charge in [-0.15, -0.1) is 0 Å². The van der Waals surface area contributed by atoms with Crippen LogP contribution in [0.2, 0.25) is 0 Å².